The number of ether oxygens (including phenoxy) is 1. The third-order valence-electron chi connectivity index (χ3n) is 2.91. The van der Waals surface area contributed by atoms with Gasteiger partial charge in [0.2, 0.25) is 0 Å². The lowest BCUT2D eigenvalue weighted by Crippen LogP contribution is -2.41. The standard InChI is InChI=1S/C14H20ClN3O/c1-2-19-13-5-4-12(15)10-11(13)6-9-18-14-16-7-3-8-17-14/h4-5,10H,2-3,6-9H2,1H3,(H2,16,17,18). The van der Waals surface area contributed by atoms with Crippen molar-refractivity contribution in [2.24, 2.45) is 4.99 Å². The molecule has 0 aromatic heterocycles. The van der Waals surface area contributed by atoms with Gasteiger partial charge >= 0.3 is 0 Å². The molecule has 104 valence electrons. The second kappa shape index (κ2) is 7.24. The SMILES string of the molecule is CCOc1ccc(Cl)cc1CCNC1=NCCCN1. The van der Waals surface area contributed by atoms with Crippen molar-refractivity contribution in [3.8, 4) is 5.75 Å². The number of nitrogens with zero attached hydrogens (tertiary/aromatic N) is 1. The van der Waals surface area contributed by atoms with Crippen LogP contribution in [-0.2, 0) is 6.42 Å². The zero-order valence-corrected chi connectivity index (χ0v) is 12.0. The molecular formula is C14H20ClN3O. The lowest BCUT2D eigenvalue weighted by molar-refractivity contribution is 0.336. The third kappa shape index (κ3) is 4.31. The van der Waals surface area contributed by atoms with E-state index in [1.165, 1.54) is 0 Å². The number of hydrogen-bond donors (Lipinski definition) is 2. The van der Waals surface area contributed by atoms with Crippen LogP contribution in [0.3, 0.4) is 0 Å². The van der Waals surface area contributed by atoms with E-state index in [9.17, 15) is 0 Å². The highest BCUT2D eigenvalue weighted by Gasteiger charge is 2.06. The molecule has 0 radical (unpaired) electrons. The topological polar surface area (TPSA) is 45.6 Å². The van der Waals surface area contributed by atoms with E-state index in [1.807, 2.05) is 25.1 Å². The van der Waals surface area contributed by atoms with Crippen LogP contribution >= 0.6 is 11.6 Å². The Hall–Kier alpha value is -1.42. The molecular weight excluding hydrogens is 262 g/mol. The van der Waals surface area contributed by atoms with Crippen molar-refractivity contribution in [2.75, 3.05) is 26.2 Å². The Morgan fingerprint density at radius 1 is 1.47 bits per heavy atom. The molecule has 2 rings (SSSR count). The maximum atomic E-state index is 6.03. The molecule has 1 aliphatic rings. The minimum Gasteiger partial charge on any atom is -0.494 e. The first kappa shape index (κ1) is 14.0. The molecule has 0 unspecified atom stereocenters. The van der Waals surface area contributed by atoms with Crippen molar-refractivity contribution >= 4 is 17.6 Å². The van der Waals surface area contributed by atoms with Crippen LogP contribution in [0.1, 0.15) is 18.9 Å². The van der Waals surface area contributed by atoms with Crippen LogP contribution in [0.25, 0.3) is 0 Å². The first-order valence-corrected chi connectivity index (χ1v) is 7.11. The van der Waals surface area contributed by atoms with E-state index in [-0.39, 0.29) is 0 Å². The number of halogens is 1. The molecule has 1 aliphatic heterocycles. The Balaban J connectivity index is 1.90. The zero-order valence-electron chi connectivity index (χ0n) is 11.2. The van der Waals surface area contributed by atoms with E-state index in [4.69, 9.17) is 16.3 Å². The fourth-order valence-corrected chi connectivity index (χ4v) is 2.20. The van der Waals surface area contributed by atoms with Gasteiger partial charge in [-0.15, -0.1) is 0 Å². The predicted octanol–water partition coefficient (Wildman–Crippen LogP) is 2.22. The summed E-state index contributed by atoms with van der Waals surface area (Å²) in [6.07, 6.45) is 1.96. The van der Waals surface area contributed by atoms with Crippen LogP contribution in [0.15, 0.2) is 23.2 Å². The summed E-state index contributed by atoms with van der Waals surface area (Å²) in [5.74, 6) is 1.80. The second-order valence-corrected chi connectivity index (χ2v) is 4.81. The zero-order chi connectivity index (χ0) is 13.5. The lowest BCUT2D eigenvalue weighted by Gasteiger charge is -2.16. The monoisotopic (exact) mass is 281 g/mol. The molecule has 0 saturated heterocycles. The van der Waals surface area contributed by atoms with Crippen LogP contribution in [0.4, 0.5) is 0 Å². The average molecular weight is 282 g/mol. The van der Waals surface area contributed by atoms with E-state index >= 15 is 0 Å². The van der Waals surface area contributed by atoms with E-state index in [0.717, 1.165) is 54.8 Å². The van der Waals surface area contributed by atoms with Gasteiger partial charge in [0.1, 0.15) is 5.75 Å². The Labute approximate surface area is 119 Å². The highest BCUT2D eigenvalue weighted by atomic mass is 35.5. The van der Waals surface area contributed by atoms with Gasteiger partial charge in [0.15, 0.2) is 5.96 Å². The van der Waals surface area contributed by atoms with Gasteiger partial charge in [-0.1, -0.05) is 11.6 Å². The van der Waals surface area contributed by atoms with Crippen molar-refractivity contribution < 1.29 is 4.74 Å². The van der Waals surface area contributed by atoms with Gasteiger partial charge in [-0.25, -0.2) is 0 Å². The summed E-state index contributed by atoms with van der Waals surface area (Å²) in [5, 5.41) is 7.28. The molecule has 2 N–H and O–H groups in total. The first-order valence-electron chi connectivity index (χ1n) is 6.73. The normalized spacial score (nSPS) is 14.5. The Bertz CT molecular complexity index is 448. The molecule has 0 fully saturated rings. The largest absolute Gasteiger partial charge is 0.494 e. The van der Waals surface area contributed by atoms with Crippen molar-refractivity contribution in [3.05, 3.63) is 28.8 Å². The summed E-state index contributed by atoms with van der Waals surface area (Å²) in [5.41, 5.74) is 1.12. The summed E-state index contributed by atoms with van der Waals surface area (Å²) in [7, 11) is 0. The summed E-state index contributed by atoms with van der Waals surface area (Å²) in [6.45, 7) is 5.35. The number of guanidine groups is 1. The van der Waals surface area contributed by atoms with Gasteiger partial charge in [0, 0.05) is 24.7 Å². The minimum absolute atomic E-state index is 0.663. The Kier molecular flexibility index (Phi) is 5.33. The van der Waals surface area contributed by atoms with Crippen molar-refractivity contribution in [3.63, 3.8) is 0 Å². The van der Waals surface area contributed by atoms with Crippen LogP contribution in [0, 0.1) is 0 Å². The highest BCUT2D eigenvalue weighted by molar-refractivity contribution is 6.30. The second-order valence-electron chi connectivity index (χ2n) is 4.37. The Morgan fingerprint density at radius 3 is 3.11 bits per heavy atom. The van der Waals surface area contributed by atoms with Crippen molar-refractivity contribution in [1.29, 1.82) is 0 Å². The van der Waals surface area contributed by atoms with Gasteiger partial charge in [0.05, 0.1) is 6.61 Å². The summed E-state index contributed by atoms with van der Waals surface area (Å²) < 4.78 is 5.60. The summed E-state index contributed by atoms with van der Waals surface area (Å²) >= 11 is 6.03. The molecule has 0 spiro atoms. The molecule has 0 saturated carbocycles. The van der Waals surface area contributed by atoms with Crippen LogP contribution in [-0.4, -0.2) is 32.2 Å². The van der Waals surface area contributed by atoms with Gasteiger partial charge in [-0.05, 0) is 43.5 Å². The maximum Gasteiger partial charge on any atom is 0.191 e. The number of hydrogen-bond acceptors (Lipinski definition) is 4. The number of aliphatic imine (C=N–C) groups is 1. The molecule has 0 amide bonds. The molecule has 1 aromatic carbocycles. The molecule has 0 atom stereocenters. The number of rotatable bonds is 5. The molecule has 1 aromatic rings. The molecule has 5 heteroatoms. The molecule has 4 nitrogen and oxygen atoms in total. The molecule has 0 bridgehead atoms. The van der Waals surface area contributed by atoms with Crippen molar-refractivity contribution in [2.45, 2.75) is 19.8 Å². The van der Waals surface area contributed by atoms with E-state index < -0.39 is 0 Å². The average Bonchev–Trinajstić information content (AvgIpc) is 2.43. The molecule has 0 aliphatic carbocycles. The van der Waals surface area contributed by atoms with E-state index in [2.05, 4.69) is 15.6 Å². The quantitative estimate of drug-likeness (QED) is 0.870. The predicted molar refractivity (Wildman–Crippen MR) is 79.2 cm³/mol. The molecule has 19 heavy (non-hydrogen) atoms. The van der Waals surface area contributed by atoms with Crippen LogP contribution in [0.2, 0.25) is 5.02 Å². The Morgan fingerprint density at radius 2 is 2.37 bits per heavy atom. The maximum absolute atomic E-state index is 6.03. The minimum atomic E-state index is 0.663. The third-order valence-corrected chi connectivity index (χ3v) is 3.14. The van der Waals surface area contributed by atoms with Crippen LogP contribution < -0.4 is 15.4 Å². The van der Waals surface area contributed by atoms with E-state index in [0.29, 0.717) is 6.61 Å². The van der Waals surface area contributed by atoms with Gasteiger partial charge < -0.3 is 15.4 Å². The summed E-state index contributed by atoms with van der Waals surface area (Å²) in [4.78, 5) is 4.37. The first-order chi connectivity index (χ1) is 9.29. The van der Waals surface area contributed by atoms with Gasteiger partial charge in [-0.3, -0.25) is 4.99 Å². The summed E-state index contributed by atoms with van der Waals surface area (Å²) in [6, 6.07) is 5.75. The van der Waals surface area contributed by atoms with Crippen molar-refractivity contribution in [1.82, 2.24) is 10.6 Å². The fraction of sp³-hybridized carbons (Fsp3) is 0.500. The van der Waals surface area contributed by atoms with Gasteiger partial charge in [-0.2, -0.15) is 0 Å². The fourth-order valence-electron chi connectivity index (χ4n) is 2.01. The number of benzene rings is 1. The van der Waals surface area contributed by atoms with Crippen LogP contribution in [0.5, 0.6) is 5.75 Å². The lowest BCUT2D eigenvalue weighted by atomic mass is 10.1. The van der Waals surface area contributed by atoms with E-state index in [1.54, 1.807) is 0 Å². The smallest absolute Gasteiger partial charge is 0.191 e. The van der Waals surface area contributed by atoms with Gasteiger partial charge in [0.25, 0.3) is 0 Å². The number of nitrogens with one attached hydrogen (secondary N) is 2. The highest BCUT2D eigenvalue weighted by Crippen LogP contribution is 2.23. The molecule has 1 heterocycles.